The summed E-state index contributed by atoms with van der Waals surface area (Å²) in [5, 5.41) is 0.569. The normalized spacial score (nSPS) is 11.8. The zero-order chi connectivity index (χ0) is 15.9. The zero-order valence-corrected chi connectivity index (χ0v) is 12.5. The third-order valence-electron chi connectivity index (χ3n) is 2.99. The molecule has 0 amide bonds. The highest BCUT2D eigenvalue weighted by Gasteiger charge is 2.24. The summed E-state index contributed by atoms with van der Waals surface area (Å²) >= 11 is 0. The summed E-state index contributed by atoms with van der Waals surface area (Å²) < 4.78 is 25.5. The molecule has 0 fully saturated rings. The molecule has 0 spiro atoms. The average Bonchev–Trinajstić information content (AvgIpc) is 3.02. The van der Waals surface area contributed by atoms with Crippen molar-refractivity contribution in [2.75, 3.05) is 0 Å². The Kier molecular flexibility index (Phi) is 3.24. The Morgan fingerprint density at radius 2 is 2.09 bits per heavy atom. The van der Waals surface area contributed by atoms with Crippen molar-refractivity contribution in [3.8, 4) is 11.6 Å². The maximum Gasteiger partial charge on any atom is 0.419 e. The zero-order valence-electron chi connectivity index (χ0n) is 12.5. The first kappa shape index (κ1) is 14.3. The number of aromatic nitrogens is 2. The van der Waals surface area contributed by atoms with Crippen LogP contribution in [0.15, 0.2) is 41.1 Å². The average molecular weight is 302 g/mol. The van der Waals surface area contributed by atoms with Gasteiger partial charge in [-0.15, -0.1) is 0 Å². The number of carbonyl (C=O) groups is 1. The molecule has 1 aromatic carbocycles. The molecule has 0 saturated heterocycles. The van der Waals surface area contributed by atoms with E-state index < -0.39 is 11.7 Å². The first-order valence-electron chi connectivity index (χ1n) is 6.79. The van der Waals surface area contributed by atoms with Crippen molar-refractivity contribution < 1.29 is 18.3 Å². The molecule has 0 N–H and O–H groups in total. The summed E-state index contributed by atoms with van der Waals surface area (Å²) in [6, 6.07) is 5.82. The summed E-state index contributed by atoms with van der Waals surface area (Å²) in [6.45, 7) is 5.34. The maximum atomic E-state index is 13.4. The van der Waals surface area contributed by atoms with Crippen molar-refractivity contribution in [1.82, 2.24) is 9.55 Å². The fourth-order valence-corrected chi connectivity index (χ4v) is 2.20. The van der Waals surface area contributed by atoms with E-state index in [4.69, 9.17) is 9.15 Å². The number of nitrogens with zero attached hydrogens (tertiary/aromatic N) is 2. The number of halogens is 1. The van der Waals surface area contributed by atoms with E-state index >= 15 is 0 Å². The molecule has 22 heavy (non-hydrogen) atoms. The van der Waals surface area contributed by atoms with Gasteiger partial charge in [0.2, 0.25) is 5.89 Å². The van der Waals surface area contributed by atoms with E-state index in [-0.39, 0.29) is 11.7 Å². The Balaban J connectivity index is 2.21. The van der Waals surface area contributed by atoms with Gasteiger partial charge >= 0.3 is 6.09 Å². The summed E-state index contributed by atoms with van der Waals surface area (Å²) in [6.07, 6.45) is 2.32. The molecule has 3 rings (SSSR count). The summed E-state index contributed by atoms with van der Waals surface area (Å²) in [7, 11) is 0. The van der Waals surface area contributed by atoms with Crippen LogP contribution in [0, 0.1) is 5.82 Å². The molecule has 0 aliphatic rings. The second-order valence-corrected chi connectivity index (χ2v) is 5.89. The predicted molar refractivity (Wildman–Crippen MR) is 79.0 cm³/mol. The number of fused-ring (bicyclic) bond motifs is 1. The van der Waals surface area contributed by atoms with Gasteiger partial charge in [-0.25, -0.2) is 18.7 Å². The lowest BCUT2D eigenvalue weighted by Crippen LogP contribution is -2.27. The number of hydrogen-bond donors (Lipinski definition) is 0. The van der Waals surface area contributed by atoms with Gasteiger partial charge < -0.3 is 9.15 Å². The minimum absolute atomic E-state index is 0.266. The molecular formula is C16H15FN2O3. The van der Waals surface area contributed by atoms with Crippen LogP contribution in [-0.4, -0.2) is 21.2 Å². The second kappa shape index (κ2) is 4.98. The molecule has 0 aliphatic carbocycles. The topological polar surface area (TPSA) is 57.3 Å². The van der Waals surface area contributed by atoms with E-state index in [1.54, 1.807) is 26.8 Å². The van der Waals surface area contributed by atoms with E-state index in [1.807, 2.05) is 0 Å². The fourth-order valence-electron chi connectivity index (χ4n) is 2.20. The molecule has 0 unspecified atom stereocenters. The predicted octanol–water partition coefficient (Wildman–Crippen LogP) is 4.22. The van der Waals surface area contributed by atoms with Gasteiger partial charge in [0, 0.05) is 5.39 Å². The lowest BCUT2D eigenvalue weighted by molar-refractivity contribution is 0.0546. The van der Waals surface area contributed by atoms with Crippen molar-refractivity contribution in [2.45, 2.75) is 26.4 Å². The molecule has 0 aliphatic heterocycles. The minimum atomic E-state index is -0.651. The number of oxazole rings is 1. The van der Waals surface area contributed by atoms with Crippen LogP contribution in [0.5, 0.6) is 0 Å². The highest BCUT2D eigenvalue weighted by molar-refractivity contribution is 5.95. The molecule has 2 aromatic heterocycles. The third kappa shape index (κ3) is 2.59. The molecule has 6 heteroatoms. The summed E-state index contributed by atoms with van der Waals surface area (Å²) in [5.74, 6) is -0.115. The standard InChI is InChI=1S/C16H15FN2O3/c1-16(2,3)22-15(20)19-12-5-4-11(17)8-10(12)9-13(19)14-18-6-7-21-14/h4-9H,1-3H3. The van der Waals surface area contributed by atoms with Crippen molar-refractivity contribution in [3.05, 3.63) is 42.5 Å². The number of ether oxygens (including phenoxy) is 1. The van der Waals surface area contributed by atoms with Crippen LogP contribution in [0.1, 0.15) is 20.8 Å². The second-order valence-electron chi connectivity index (χ2n) is 5.89. The van der Waals surface area contributed by atoms with Gasteiger partial charge in [0.1, 0.15) is 23.4 Å². The van der Waals surface area contributed by atoms with E-state index in [2.05, 4.69) is 4.98 Å². The number of rotatable bonds is 1. The van der Waals surface area contributed by atoms with E-state index in [0.717, 1.165) is 0 Å². The first-order chi connectivity index (χ1) is 10.3. The minimum Gasteiger partial charge on any atom is -0.443 e. The fraction of sp³-hybridized carbons (Fsp3) is 0.250. The molecule has 5 nitrogen and oxygen atoms in total. The Morgan fingerprint density at radius 3 is 2.73 bits per heavy atom. The van der Waals surface area contributed by atoms with Crippen LogP contribution in [0.25, 0.3) is 22.5 Å². The molecule has 114 valence electrons. The molecule has 3 aromatic rings. The Morgan fingerprint density at radius 1 is 1.32 bits per heavy atom. The third-order valence-corrected chi connectivity index (χ3v) is 2.99. The van der Waals surface area contributed by atoms with Gasteiger partial charge in [-0.2, -0.15) is 0 Å². The van der Waals surface area contributed by atoms with Crippen LogP contribution in [0.4, 0.5) is 9.18 Å². The highest BCUT2D eigenvalue weighted by Crippen LogP contribution is 2.29. The van der Waals surface area contributed by atoms with Crippen LogP contribution in [0.3, 0.4) is 0 Å². The van der Waals surface area contributed by atoms with Crippen molar-refractivity contribution in [1.29, 1.82) is 0 Å². The van der Waals surface area contributed by atoms with Crippen LogP contribution < -0.4 is 0 Å². The Hall–Kier alpha value is -2.63. The molecule has 0 bridgehead atoms. The first-order valence-corrected chi connectivity index (χ1v) is 6.79. The van der Waals surface area contributed by atoms with E-state index in [9.17, 15) is 9.18 Å². The van der Waals surface area contributed by atoms with Gasteiger partial charge in [0.05, 0.1) is 11.7 Å². The summed E-state index contributed by atoms with van der Waals surface area (Å²) in [4.78, 5) is 16.6. The van der Waals surface area contributed by atoms with Crippen molar-refractivity contribution >= 4 is 17.0 Å². The summed E-state index contributed by atoms with van der Waals surface area (Å²) in [5.41, 5.74) is 0.297. The highest BCUT2D eigenvalue weighted by atomic mass is 19.1. The Bertz CT molecular complexity index is 829. The van der Waals surface area contributed by atoms with Gasteiger partial charge in [0.15, 0.2) is 0 Å². The van der Waals surface area contributed by atoms with Crippen molar-refractivity contribution in [3.63, 3.8) is 0 Å². The van der Waals surface area contributed by atoms with Crippen molar-refractivity contribution in [2.24, 2.45) is 0 Å². The van der Waals surface area contributed by atoms with E-state index in [0.29, 0.717) is 16.6 Å². The van der Waals surface area contributed by atoms with Gasteiger partial charge in [0.25, 0.3) is 0 Å². The van der Waals surface area contributed by atoms with Crippen LogP contribution in [-0.2, 0) is 4.74 Å². The van der Waals surface area contributed by atoms with Gasteiger partial charge in [-0.1, -0.05) is 0 Å². The van der Waals surface area contributed by atoms with E-state index in [1.165, 1.54) is 35.2 Å². The molecular weight excluding hydrogens is 287 g/mol. The molecule has 0 atom stereocenters. The molecule has 0 radical (unpaired) electrons. The van der Waals surface area contributed by atoms with Crippen LogP contribution >= 0.6 is 0 Å². The monoisotopic (exact) mass is 302 g/mol. The maximum absolute atomic E-state index is 13.4. The Labute approximate surface area is 126 Å². The quantitative estimate of drug-likeness (QED) is 0.675. The molecule has 2 heterocycles. The number of carbonyl (C=O) groups excluding carboxylic acids is 1. The molecule has 0 saturated carbocycles. The number of benzene rings is 1. The largest absolute Gasteiger partial charge is 0.443 e. The lowest BCUT2D eigenvalue weighted by atomic mass is 10.2. The van der Waals surface area contributed by atoms with Crippen LogP contribution in [0.2, 0.25) is 0 Å². The smallest absolute Gasteiger partial charge is 0.419 e. The number of hydrogen-bond acceptors (Lipinski definition) is 4. The van der Waals surface area contributed by atoms with Gasteiger partial charge in [-0.3, -0.25) is 0 Å². The SMILES string of the molecule is CC(C)(C)OC(=O)n1c(-c2ncco2)cc2cc(F)ccc21. The van der Waals surface area contributed by atoms with Gasteiger partial charge in [-0.05, 0) is 45.0 Å². The lowest BCUT2D eigenvalue weighted by Gasteiger charge is -2.20.